The molecule has 21 heavy (non-hydrogen) atoms. The van der Waals surface area contributed by atoms with Gasteiger partial charge >= 0.3 is 29.6 Å². The first-order valence-electron chi connectivity index (χ1n) is 5.95. The Balaban J connectivity index is 0.00000220. The van der Waals surface area contributed by atoms with Crippen LogP contribution in [0.5, 0.6) is 0 Å². The molecule has 0 radical (unpaired) electrons. The van der Waals surface area contributed by atoms with Crippen molar-refractivity contribution in [3.8, 4) is 0 Å². The molecule has 108 valence electrons. The fraction of sp³-hybridized carbons (Fsp3) is 0.154. The summed E-state index contributed by atoms with van der Waals surface area (Å²) in [6, 6.07) is 9.31. The zero-order valence-electron chi connectivity index (χ0n) is 11.2. The Hall–Kier alpha value is -1.28. The Morgan fingerprint density at radius 1 is 1.14 bits per heavy atom. The average Bonchev–Trinajstić information content (AvgIpc) is 2.37. The van der Waals surface area contributed by atoms with Crippen molar-refractivity contribution in [2.45, 2.75) is 11.8 Å². The maximum atomic E-state index is 12.2. The van der Waals surface area contributed by atoms with Crippen molar-refractivity contribution in [3.63, 3.8) is 0 Å². The normalized spacial score (nSPS) is 10.6. The van der Waals surface area contributed by atoms with Gasteiger partial charge < -0.3 is 11.1 Å². The number of aromatic nitrogens is 1. The Morgan fingerprint density at radius 2 is 1.76 bits per heavy atom. The third-order valence-electron chi connectivity index (χ3n) is 2.65. The zero-order chi connectivity index (χ0) is 14.8. The fourth-order valence-electron chi connectivity index (χ4n) is 1.72. The number of nitrogen functional groups attached to an aromatic ring is 1. The van der Waals surface area contributed by atoms with Crippen molar-refractivity contribution < 1.29 is 8.42 Å². The Morgan fingerprint density at radius 3 is 2.33 bits per heavy atom. The average molecular weight is 316 g/mol. The summed E-state index contributed by atoms with van der Waals surface area (Å²) in [5.74, 6) is 0.597. The summed E-state index contributed by atoms with van der Waals surface area (Å²) >= 11 is 0. The number of benzene rings is 1. The maximum absolute atomic E-state index is 12.2. The first kappa shape index (κ1) is 17.8. The standard InChI is InChI=1S/C13H16N4O2S.Na.H/c1-9-7-11(8-13(15-2)16-9)17-20(18,19)12-5-3-10(14)4-6-12;;/h3-8H,14H2,1-2H3,(H2,15,16,17);;. The van der Waals surface area contributed by atoms with Gasteiger partial charge in [-0.1, -0.05) is 0 Å². The first-order valence-corrected chi connectivity index (χ1v) is 7.44. The molecule has 0 unspecified atom stereocenters. The van der Waals surface area contributed by atoms with E-state index in [4.69, 9.17) is 5.73 Å². The van der Waals surface area contributed by atoms with Crippen molar-refractivity contribution >= 4 is 56.8 Å². The molecule has 0 aliphatic carbocycles. The van der Waals surface area contributed by atoms with E-state index in [1.54, 1.807) is 38.2 Å². The molecule has 0 fully saturated rings. The molecule has 0 saturated carbocycles. The van der Waals surface area contributed by atoms with Gasteiger partial charge in [0.05, 0.1) is 10.6 Å². The molecule has 0 atom stereocenters. The van der Waals surface area contributed by atoms with E-state index in [0.717, 1.165) is 0 Å². The monoisotopic (exact) mass is 316 g/mol. The van der Waals surface area contributed by atoms with Crippen molar-refractivity contribution in [1.29, 1.82) is 0 Å². The van der Waals surface area contributed by atoms with Crippen LogP contribution in [0.15, 0.2) is 41.3 Å². The Bertz CT molecular complexity index is 717. The SMILES string of the molecule is CNc1cc(NS(=O)(=O)c2ccc(N)cc2)cc(C)n1.[NaH]. The summed E-state index contributed by atoms with van der Waals surface area (Å²) in [5, 5.41) is 2.88. The van der Waals surface area contributed by atoms with E-state index in [-0.39, 0.29) is 34.5 Å². The van der Waals surface area contributed by atoms with Gasteiger partial charge in [0.25, 0.3) is 10.0 Å². The topological polar surface area (TPSA) is 97.1 Å². The number of hydrogen-bond donors (Lipinski definition) is 3. The molecule has 4 N–H and O–H groups in total. The molecule has 2 rings (SSSR count). The number of nitrogens with two attached hydrogens (primary N) is 1. The van der Waals surface area contributed by atoms with Crippen LogP contribution < -0.4 is 15.8 Å². The summed E-state index contributed by atoms with van der Waals surface area (Å²) in [6.07, 6.45) is 0. The molecular formula is C13H17N4NaO2S. The zero-order valence-corrected chi connectivity index (χ0v) is 12.0. The van der Waals surface area contributed by atoms with Crippen LogP contribution in [0.3, 0.4) is 0 Å². The number of anilines is 3. The molecule has 2 aromatic rings. The van der Waals surface area contributed by atoms with Crippen LogP contribution in [0, 0.1) is 6.92 Å². The minimum absolute atomic E-state index is 0. The second-order valence-corrected chi connectivity index (χ2v) is 5.99. The van der Waals surface area contributed by atoms with Gasteiger partial charge in [-0.05, 0) is 37.3 Å². The van der Waals surface area contributed by atoms with E-state index in [9.17, 15) is 8.42 Å². The molecule has 0 bridgehead atoms. The molecule has 0 spiro atoms. The van der Waals surface area contributed by atoms with Crippen molar-refractivity contribution in [1.82, 2.24) is 4.98 Å². The van der Waals surface area contributed by atoms with E-state index in [1.807, 2.05) is 0 Å². The molecule has 1 aromatic heterocycles. The summed E-state index contributed by atoms with van der Waals surface area (Å²) in [4.78, 5) is 4.36. The van der Waals surface area contributed by atoms with Gasteiger partial charge in [0, 0.05) is 24.5 Å². The molecule has 1 heterocycles. The quantitative estimate of drug-likeness (QED) is 0.581. The first-order chi connectivity index (χ1) is 9.40. The Kier molecular flexibility index (Phi) is 6.03. The third-order valence-corrected chi connectivity index (χ3v) is 4.05. The number of sulfonamides is 1. The van der Waals surface area contributed by atoms with E-state index in [0.29, 0.717) is 22.9 Å². The molecular weight excluding hydrogens is 299 g/mol. The number of rotatable bonds is 4. The van der Waals surface area contributed by atoms with Crippen molar-refractivity contribution in [2.75, 3.05) is 22.8 Å². The van der Waals surface area contributed by atoms with E-state index >= 15 is 0 Å². The summed E-state index contributed by atoms with van der Waals surface area (Å²) in [7, 11) is -1.91. The summed E-state index contributed by atoms with van der Waals surface area (Å²) in [6.45, 7) is 1.79. The van der Waals surface area contributed by atoms with Gasteiger partial charge in [0.2, 0.25) is 0 Å². The van der Waals surface area contributed by atoms with Crippen LogP contribution in [0.25, 0.3) is 0 Å². The predicted molar refractivity (Wildman–Crippen MR) is 87.3 cm³/mol. The van der Waals surface area contributed by atoms with Crippen LogP contribution >= 0.6 is 0 Å². The van der Waals surface area contributed by atoms with E-state index < -0.39 is 10.0 Å². The van der Waals surface area contributed by atoms with Crippen molar-refractivity contribution in [2.24, 2.45) is 0 Å². The van der Waals surface area contributed by atoms with Gasteiger partial charge in [-0.2, -0.15) is 0 Å². The molecule has 0 amide bonds. The van der Waals surface area contributed by atoms with Crippen LogP contribution in [-0.4, -0.2) is 50.0 Å². The van der Waals surface area contributed by atoms with Gasteiger partial charge in [0.1, 0.15) is 5.82 Å². The van der Waals surface area contributed by atoms with E-state index in [2.05, 4.69) is 15.0 Å². The van der Waals surface area contributed by atoms with Gasteiger partial charge in [-0.15, -0.1) is 0 Å². The van der Waals surface area contributed by atoms with Crippen molar-refractivity contribution in [3.05, 3.63) is 42.1 Å². The summed E-state index contributed by atoms with van der Waals surface area (Å²) in [5.41, 5.74) is 7.24. The van der Waals surface area contributed by atoms with Crippen LogP contribution in [0.1, 0.15) is 5.69 Å². The predicted octanol–water partition coefficient (Wildman–Crippen LogP) is 1.17. The third kappa shape index (κ3) is 4.60. The fourth-order valence-corrected chi connectivity index (χ4v) is 2.76. The molecule has 0 aliphatic rings. The number of pyridine rings is 1. The summed E-state index contributed by atoms with van der Waals surface area (Å²) < 4.78 is 27.0. The van der Waals surface area contributed by atoms with Crippen LogP contribution in [-0.2, 0) is 10.0 Å². The van der Waals surface area contributed by atoms with Crippen LogP contribution in [0.4, 0.5) is 17.2 Å². The molecule has 1 aromatic carbocycles. The van der Waals surface area contributed by atoms with Crippen LogP contribution in [0.2, 0.25) is 0 Å². The molecule has 0 aliphatic heterocycles. The number of nitrogens with one attached hydrogen (secondary N) is 2. The van der Waals surface area contributed by atoms with Gasteiger partial charge in [-0.25, -0.2) is 13.4 Å². The van der Waals surface area contributed by atoms with E-state index in [1.165, 1.54) is 12.1 Å². The molecule has 6 nitrogen and oxygen atoms in total. The number of hydrogen-bond acceptors (Lipinski definition) is 5. The molecule has 8 heteroatoms. The second-order valence-electron chi connectivity index (χ2n) is 4.31. The Labute approximate surface area is 146 Å². The van der Waals surface area contributed by atoms with Gasteiger partial charge in [-0.3, -0.25) is 4.72 Å². The molecule has 0 saturated heterocycles. The van der Waals surface area contributed by atoms with Gasteiger partial charge in [0.15, 0.2) is 0 Å². The number of aryl methyl sites for hydroxylation is 1. The second kappa shape index (κ2) is 7.13. The number of nitrogens with zero attached hydrogens (tertiary/aromatic N) is 1. The minimum atomic E-state index is -3.63.